The minimum absolute atomic E-state index is 0.256. The Balaban J connectivity index is 3.33. The lowest BCUT2D eigenvalue weighted by atomic mass is 10.3. The van der Waals surface area contributed by atoms with Crippen LogP contribution in [-0.2, 0) is 0 Å². The van der Waals surface area contributed by atoms with Gasteiger partial charge in [0.2, 0.25) is 0 Å². The van der Waals surface area contributed by atoms with E-state index in [9.17, 15) is 9.59 Å². The molecule has 0 atom stereocenters. The van der Waals surface area contributed by atoms with Crippen LogP contribution in [0.1, 0.15) is 26.5 Å². The quantitative estimate of drug-likeness (QED) is 0.688. The van der Waals surface area contributed by atoms with Gasteiger partial charge in [-0.25, -0.2) is 0 Å². The number of H-pyrrole nitrogens is 1. The van der Waals surface area contributed by atoms with Crippen LogP contribution in [0.4, 0.5) is 0 Å². The van der Waals surface area contributed by atoms with Crippen molar-refractivity contribution in [3.8, 4) is 0 Å². The van der Waals surface area contributed by atoms with Crippen molar-refractivity contribution in [3.05, 3.63) is 22.0 Å². The lowest BCUT2D eigenvalue weighted by Gasteiger charge is -1.84. The number of aromatic amines is 1. The SMILES string of the molecule is Cc1c(C=O)[nH]c(C=O)c1Cl. The van der Waals surface area contributed by atoms with Crippen LogP contribution in [0.25, 0.3) is 0 Å². The van der Waals surface area contributed by atoms with Gasteiger partial charge in [0, 0.05) is 0 Å². The van der Waals surface area contributed by atoms with Crippen molar-refractivity contribution in [1.29, 1.82) is 0 Å². The summed E-state index contributed by atoms with van der Waals surface area (Å²) in [5.41, 5.74) is 1.23. The maximum Gasteiger partial charge on any atom is 0.167 e. The predicted molar refractivity (Wildman–Crippen MR) is 41.3 cm³/mol. The highest BCUT2D eigenvalue weighted by Gasteiger charge is 2.09. The second kappa shape index (κ2) is 2.88. The molecule has 1 heterocycles. The molecule has 0 amide bonds. The summed E-state index contributed by atoms with van der Waals surface area (Å²) >= 11 is 5.67. The molecule has 58 valence electrons. The summed E-state index contributed by atoms with van der Waals surface area (Å²) < 4.78 is 0. The van der Waals surface area contributed by atoms with Crippen LogP contribution in [0.2, 0.25) is 5.02 Å². The van der Waals surface area contributed by atoms with Gasteiger partial charge in [-0.3, -0.25) is 9.59 Å². The molecule has 1 N–H and O–H groups in total. The van der Waals surface area contributed by atoms with E-state index in [1.54, 1.807) is 6.92 Å². The van der Waals surface area contributed by atoms with Gasteiger partial charge in [-0.05, 0) is 12.5 Å². The molecule has 0 radical (unpaired) electrons. The average molecular weight is 172 g/mol. The van der Waals surface area contributed by atoms with Crippen molar-refractivity contribution in [2.75, 3.05) is 0 Å². The van der Waals surface area contributed by atoms with Gasteiger partial charge in [0.1, 0.15) is 0 Å². The summed E-state index contributed by atoms with van der Waals surface area (Å²) in [6, 6.07) is 0. The summed E-state index contributed by atoms with van der Waals surface area (Å²) in [5.74, 6) is 0. The first-order chi connectivity index (χ1) is 5.20. The molecule has 0 spiro atoms. The highest BCUT2D eigenvalue weighted by atomic mass is 35.5. The third-order valence-electron chi connectivity index (χ3n) is 1.47. The highest BCUT2D eigenvalue weighted by molar-refractivity contribution is 6.34. The lowest BCUT2D eigenvalue weighted by molar-refractivity contribution is 0.111. The summed E-state index contributed by atoms with van der Waals surface area (Å²) in [4.78, 5) is 23.2. The van der Waals surface area contributed by atoms with E-state index in [2.05, 4.69) is 4.98 Å². The molecule has 1 aromatic heterocycles. The normalized spacial score (nSPS) is 9.64. The molecule has 0 aromatic carbocycles. The number of rotatable bonds is 2. The molecule has 4 heteroatoms. The zero-order chi connectivity index (χ0) is 8.43. The van der Waals surface area contributed by atoms with E-state index in [4.69, 9.17) is 11.6 Å². The number of hydrogen-bond acceptors (Lipinski definition) is 2. The number of carbonyl (C=O) groups excluding carboxylic acids is 2. The highest BCUT2D eigenvalue weighted by Crippen LogP contribution is 2.20. The van der Waals surface area contributed by atoms with E-state index in [-0.39, 0.29) is 5.69 Å². The molecule has 0 saturated carbocycles. The van der Waals surface area contributed by atoms with Crippen molar-refractivity contribution in [3.63, 3.8) is 0 Å². The first kappa shape index (κ1) is 8.01. The van der Waals surface area contributed by atoms with Gasteiger partial charge < -0.3 is 4.98 Å². The van der Waals surface area contributed by atoms with Crippen molar-refractivity contribution in [2.24, 2.45) is 0 Å². The number of halogens is 1. The van der Waals surface area contributed by atoms with Gasteiger partial charge in [0.25, 0.3) is 0 Å². The first-order valence-electron chi connectivity index (χ1n) is 2.99. The fourth-order valence-electron chi connectivity index (χ4n) is 0.813. The fourth-order valence-corrected chi connectivity index (χ4v) is 1.01. The molecule has 0 saturated heterocycles. The van der Waals surface area contributed by atoms with Crippen LogP contribution in [0.3, 0.4) is 0 Å². The first-order valence-corrected chi connectivity index (χ1v) is 3.37. The van der Waals surface area contributed by atoms with Gasteiger partial charge in [0.05, 0.1) is 16.4 Å². The number of nitrogens with one attached hydrogen (secondary N) is 1. The molecule has 0 aliphatic heterocycles. The summed E-state index contributed by atoms with van der Waals surface area (Å²) in [5, 5.41) is 0.321. The van der Waals surface area contributed by atoms with E-state index in [1.807, 2.05) is 0 Å². The second-order valence-corrected chi connectivity index (χ2v) is 2.50. The molecule has 1 rings (SSSR count). The standard InChI is InChI=1S/C7H6ClNO2/c1-4-5(2-10)9-6(3-11)7(4)8/h2-3,9H,1H3. The Kier molecular flexibility index (Phi) is 2.10. The molecular weight excluding hydrogens is 166 g/mol. The Morgan fingerprint density at radius 1 is 1.27 bits per heavy atom. The van der Waals surface area contributed by atoms with E-state index < -0.39 is 0 Å². The van der Waals surface area contributed by atoms with Gasteiger partial charge in [-0.2, -0.15) is 0 Å². The molecule has 0 fully saturated rings. The summed E-state index contributed by atoms with van der Waals surface area (Å²) in [7, 11) is 0. The van der Waals surface area contributed by atoms with E-state index in [1.165, 1.54) is 0 Å². The Labute approximate surface area is 68.4 Å². The van der Waals surface area contributed by atoms with Crippen molar-refractivity contribution >= 4 is 24.2 Å². The second-order valence-electron chi connectivity index (χ2n) is 2.13. The van der Waals surface area contributed by atoms with Gasteiger partial charge >= 0.3 is 0 Å². The molecule has 11 heavy (non-hydrogen) atoms. The van der Waals surface area contributed by atoms with Crippen molar-refractivity contribution in [2.45, 2.75) is 6.92 Å². The van der Waals surface area contributed by atoms with Crippen molar-refractivity contribution in [1.82, 2.24) is 4.98 Å². The van der Waals surface area contributed by atoms with Crippen LogP contribution in [-0.4, -0.2) is 17.6 Å². The molecule has 3 nitrogen and oxygen atoms in total. The van der Waals surface area contributed by atoms with Gasteiger partial charge in [0.15, 0.2) is 12.6 Å². The zero-order valence-electron chi connectivity index (χ0n) is 5.85. The maximum atomic E-state index is 10.3. The largest absolute Gasteiger partial charge is 0.349 e. The molecule has 0 aliphatic carbocycles. The summed E-state index contributed by atoms with van der Waals surface area (Å²) in [6.45, 7) is 1.68. The maximum absolute atomic E-state index is 10.3. The van der Waals surface area contributed by atoms with Crippen molar-refractivity contribution < 1.29 is 9.59 Å². The van der Waals surface area contributed by atoms with Gasteiger partial charge in [-0.1, -0.05) is 11.6 Å². The molecular formula is C7H6ClNO2. The molecule has 1 aromatic rings. The average Bonchev–Trinajstić information content (AvgIpc) is 2.30. The van der Waals surface area contributed by atoms with E-state index in [0.717, 1.165) is 0 Å². The zero-order valence-corrected chi connectivity index (χ0v) is 6.61. The summed E-state index contributed by atoms with van der Waals surface area (Å²) in [6.07, 6.45) is 1.22. The number of hydrogen-bond donors (Lipinski definition) is 1. The molecule has 0 bridgehead atoms. The monoisotopic (exact) mass is 171 g/mol. The van der Waals surface area contributed by atoms with Crippen LogP contribution in [0, 0.1) is 6.92 Å². The molecule has 0 aliphatic rings. The Bertz CT molecular complexity index is 275. The lowest BCUT2D eigenvalue weighted by Crippen LogP contribution is -1.82. The van der Waals surface area contributed by atoms with Crippen LogP contribution in [0.5, 0.6) is 0 Å². The molecule has 0 unspecified atom stereocenters. The Morgan fingerprint density at radius 3 is 2.09 bits per heavy atom. The van der Waals surface area contributed by atoms with Crippen LogP contribution >= 0.6 is 11.6 Å². The van der Waals surface area contributed by atoms with Gasteiger partial charge in [-0.15, -0.1) is 0 Å². The Morgan fingerprint density at radius 2 is 1.82 bits per heavy atom. The minimum Gasteiger partial charge on any atom is -0.349 e. The van der Waals surface area contributed by atoms with E-state index in [0.29, 0.717) is 28.9 Å². The smallest absolute Gasteiger partial charge is 0.167 e. The van der Waals surface area contributed by atoms with Crippen LogP contribution < -0.4 is 0 Å². The third-order valence-corrected chi connectivity index (χ3v) is 1.96. The minimum atomic E-state index is 0.256. The topological polar surface area (TPSA) is 49.9 Å². The predicted octanol–water partition coefficient (Wildman–Crippen LogP) is 1.60. The Hall–Kier alpha value is -1.09. The number of carbonyl (C=O) groups is 2. The van der Waals surface area contributed by atoms with Crippen LogP contribution in [0.15, 0.2) is 0 Å². The van der Waals surface area contributed by atoms with E-state index >= 15 is 0 Å². The number of aromatic nitrogens is 1. The number of aldehydes is 2. The fraction of sp³-hybridized carbons (Fsp3) is 0.143. The third kappa shape index (κ3) is 1.19.